The molecule has 1 aromatic carbocycles. The van der Waals surface area contributed by atoms with E-state index in [9.17, 15) is 9.90 Å². The van der Waals surface area contributed by atoms with Crippen molar-refractivity contribution in [3.8, 4) is 0 Å². The van der Waals surface area contributed by atoms with Gasteiger partial charge in [-0.05, 0) is 37.1 Å². The fourth-order valence-corrected chi connectivity index (χ4v) is 2.85. The fourth-order valence-electron chi connectivity index (χ4n) is 2.85. The van der Waals surface area contributed by atoms with Gasteiger partial charge in [0, 0.05) is 18.0 Å². The molecule has 2 aromatic rings. The van der Waals surface area contributed by atoms with Crippen molar-refractivity contribution in [3.63, 3.8) is 0 Å². The van der Waals surface area contributed by atoms with Crippen LogP contribution < -0.4 is 5.32 Å². The molecule has 1 fully saturated rings. The van der Waals surface area contributed by atoms with Crippen LogP contribution in [0, 0.1) is 0 Å². The molecular formula is C15H16N2O2. The van der Waals surface area contributed by atoms with Gasteiger partial charge in [-0.1, -0.05) is 18.2 Å². The molecule has 0 amide bonds. The molecule has 0 radical (unpaired) electrons. The molecule has 4 nitrogen and oxygen atoms in total. The molecule has 1 aromatic heterocycles. The van der Waals surface area contributed by atoms with Crippen molar-refractivity contribution in [1.82, 2.24) is 10.3 Å². The van der Waals surface area contributed by atoms with Crippen LogP contribution >= 0.6 is 0 Å². The molecule has 1 aliphatic heterocycles. The van der Waals surface area contributed by atoms with E-state index in [2.05, 4.69) is 10.3 Å². The lowest BCUT2D eigenvalue weighted by Gasteiger charge is -2.25. The van der Waals surface area contributed by atoms with E-state index in [0.29, 0.717) is 12.8 Å². The van der Waals surface area contributed by atoms with Crippen molar-refractivity contribution in [1.29, 1.82) is 0 Å². The van der Waals surface area contributed by atoms with Crippen molar-refractivity contribution < 1.29 is 9.90 Å². The summed E-state index contributed by atoms with van der Waals surface area (Å²) in [6.07, 6.45) is 3.85. The summed E-state index contributed by atoms with van der Waals surface area (Å²) in [7, 11) is 0. The minimum absolute atomic E-state index is 0.505. The molecule has 19 heavy (non-hydrogen) atoms. The van der Waals surface area contributed by atoms with Gasteiger partial charge in [0.25, 0.3) is 0 Å². The van der Waals surface area contributed by atoms with Gasteiger partial charge in [-0.3, -0.25) is 9.78 Å². The lowest BCUT2D eigenvalue weighted by atomic mass is 9.88. The van der Waals surface area contributed by atoms with E-state index in [1.807, 2.05) is 30.3 Å². The molecule has 0 aliphatic carbocycles. The smallest absolute Gasteiger partial charge is 0.324 e. The number of benzene rings is 1. The van der Waals surface area contributed by atoms with Crippen LogP contribution in [-0.2, 0) is 11.2 Å². The van der Waals surface area contributed by atoms with Crippen molar-refractivity contribution in [3.05, 3.63) is 42.1 Å². The first-order valence-corrected chi connectivity index (χ1v) is 6.52. The van der Waals surface area contributed by atoms with E-state index in [4.69, 9.17) is 0 Å². The summed E-state index contributed by atoms with van der Waals surface area (Å²) in [6.45, 7) is 0.773. The third-order valence-electron chi connectivity index (χ3n) is 3.88. The molecule has 4 heteroatoms. The lowest BCUT2D eigenvalue weighted by Crippen LogP contribution is -2.49. The predicted molar refractivity (Wildman–Crippen MR) is 73.1 cm³/mol. The number of pyridine rings is 1. The fraction of sp³-hybridized carbons (Fsp3) is 0.333. The molecule has 1 aliphatic rings. The normalized spacial score (nSPS) is 22.7. The van der Waals surface area contributed by atoms with E-state index in [0.717, 1.165) is 29.4 Å². The van der Waals surface area contributed by atoms with E-state index >= 15 is 0 Å². The van der Waals surface area contributed by atoms with E-state index in [1.165, 1.54) is 0 Å². The Bertz CT molecular complexity index is 613. The molecule has 0 spiro atoms. The Hall–Kier alpha value is -1.94. The monoisotopic (exact) mass is 256 g/mol. The van der Waals surface area contributed by atoms with Crippen LogP contribution in [0.15, 0.2) is 36.5 Å². The average Bonchev–Trinajstić information content (AvgIpc) is 2.89. The van der Waals surface area contributed by atoms with Gasteiger partial charge in [-0.25, -0.2) is 0 Å². The van der Waals surface area contributed by atoms with Crippen LogP contribution in [0.1, 0.15) is 18.4 Å². The van der Waals surface area contributed by atoms with Gasteiger partial charge in [-0.15, -0.1) is 0 Å². The molecule has 98 valence electrons. The Morgan fingerprint density at radius 3 is 2.95 bits per heavy atom. The SMILES string of the molecule is O=C(O)C1(Cc2ccnc3ccccc23)CCCN1. The van der Waals surface area contributed by atoms with Crippen LogP contribution in [0.5, 0.6) is 0 Å². The average molecular weight is 256 g/mol. The Balaban J connectivity index is 2.03. The van der Waals surface area contributed by atoms with E-state index in [1.54, 1.807) is 6.20 Å². The first-order chi connectivity index (χ1) is 9.21. The van der Waals surface area contributed by atoms with Gasteiger partial charge in [-0.2, -0.15) is 0 Å². The van der Waals surface area contributed by atoms with Crippen LogP contribution in [0.2, 0.25) is 0 Å². The minimum Gasteiger partial charge on any atom is -0.480 e. The molecule has 0 bridgehead atoms. The zero-order valence-corrected chi connectivity index (χ0v) is 10.6. The first kappa shape index (κ1) is 12.1. The summed E-state index contributed by atoms with van der Waals surface area (Å²) in [5, 5.41) is 13.7. The maximum atomic E-state index is 11.6. The number of aromatic nitrogens is 1. The first-order valence-electron chi connectivity index (χ1n) is 6.52. The van der Waals surface area contributed by atoms with Crippen LogP contribution in [0.4, 0.5) is 0 Å². The molecule has 3 rings (SSSR count). The van der Waals surface area contributed by atoms with Gasteiger partial charge in [0.1, 0.15) is 5.54 Å². The third kappa shape index (κ3) is 2.08. The summed E-state index contributed by atoms with van der Waals surface area (Å²) in [6, 6.07) is 9.78. The number of carboxylic acids is 1. The third-order valence-corrected chi connectivity index (χ3v) is 3.88. The van der Waals surface area contributed by atoms with Crippen molar-refractivity contribution >= 4 is 16.9 Å². The largest absolute Gasteiger partial charge is 0.480 e. The number of nitrogens with one attached hydrogen (secondary N) is 1. The highest BCUT2D eigenvalue weighted by atomic mass is 16.4. The zero-order valence-electron chi connectivity index (χ0n) is 10.6. The Labute approximate surface area is 111 Å². The second-order valence-corrected chi connectivity index (χ2v) is 5.08. The Morgan fingerprint density at radius 2 is 2.21 bits per heavy atom. The maximum absolute atomic E-state index is 11.6. The second-order valence-electron chi connectivity index (χ2n) is 5.08. The molecule has 1 unspecified atom stereocenters. The number of nitrogens with zero attached hydrogens (tertiary/aromatic N) is 1. The molecule has 0 saturated carbocycles. The summed E-state index contributed by atoms with van der Waals surface area (Å²) in [5.74, 6) is -0.758. The van der Waals surface area contributed by atoms with Crippen LogP contribution in [0.3, 0.4) is 0 Å². The van der Waals surface area contributed by atoms with Gasteiger partial charge in [0.15, 0.2) is 0 Å². The van der Waals surface area contributed by atoms with E-state index in [-0.39, 0.29) is 0 Å². The number of carbonyl (C=O) groups is 1. The summed E-state index contributed by atoms with van der Waals surface area (Å²) < 4.78 is 0. The minimum atomic E-state index is -0.815. The van der Waals surface area contributed by atoms with Gasteiger partial charge in [0.2, 0.25) is 0 Å². The zero-order chi connectivity index (χ0) is 13.3. The highest BCUT2D eigenvalue weighted by Gasteiger charge is 2.41. The van der Waals surface area contributed by atoms with Crippen LogP contribution in [0.25, 0.3) is 10.9 Å². The Morgan fingerprint density at radius 1 is 1.37 bits per heavy atom. The number of aliphatic carboxylic acids is 1. The van der Waals surface area contributed by atoms with Crippen molar-refractivity contribution in [2.45, 2.75) is 24.8 Å². The summed E-state index contributed by atoms with van der Waals surface area (Å²) in [4.78, 5) is 15.9. The topological polar surface area (TPSA) is 62.2 Å². The lowest BCUT2D eigenvalue weighted by molar-refractivity contribution is -0.144. The van der Waals surface area contributed by atoms with Crippen LogP contribution in [-0.4, -0.2) is 28.1 Å². The molecule has 1 saturated heterocycles. The molecular weight excluding hydrogens is 240 g/mol. The van der Waals surface area contributed by atoms with Gasteiger partial charge < -0.3 is 10.4 Å². The van der Waals surface area contributed by atoms with Gasteiger partial charge >= 0.3 is 5.97 Å². The number of carboxylic acid groups (broad SMARTS) is 1. The number of fused-ring (bicyclic) bond motifs is 1. The molecule has 2 heterocycles. The van der Waals surface area contributed by atoms with Crippen molar-refractivity contribution in [2.75, 3.05) is 6.54 Å². The standard InChI is InChI=1S/C15H16N2O2/c18-14(19)15(7-3-8-17-15)10-11-6-9-16-13-5-2-1-4-12(11)13/h1-2,4-6,9,17H,3,7-8,10H2,(H,18,19). The van der Waals surface area contributed by atoms with E-state index < -0.39 is 11.5 Å². The summed E-state index contributed by atoms with van der Waals surface area (Å²) >= 11 is 0. The number of para-hydroxylation sites is 1. The number of hydrogen-bond acceptors (Lipinski definition) is 3. The number of rotatable bonds is 3. The predicted octanol–water partition coefficient (Wildman–Crippen LogP) is 1.98. The molecule has 2 N–H and O–H groups in total. The van der Waals surface area contributed by atoms with Crippen molar-refractivity contribution in [2.24, 2.45) is 0 Å². The van der Waals surface area contributed by atoms with Gasteiger partial charge in [0.05, 0.1) is 5.52 Å². The molecule has 1 atom stereocenters. The Kier molecular flexibility index (Phi) is 2.95. The highest BCUT2D eigenvalue weighted by molar-refractivity contribution is 5.85. The second kappa shape index (κ2) is 4.63. The quantitative estimate of drug-likeness (QED) is 0.881. The highest BCUT2D eigenvalue weighted by Crippen LogP contribution is 2.27. The summed E-state index contributed by atoms with van der Waals surface area (Å²) in [5.41, 5.74) is 1.14. The maximum Gasteiger partial charge on any atom is 0.324 e. The number of hydrogen-bond donors (Lipinski definition) is 2.